The number of ether oxygens (including phenoxy) is 2. The van der Waals surface area contributed by atoms with Crippen molar-refractivity contribution in [3.8, 4) is 5.75 Å². The second-order valence-corrected chi connectivity index (χ2v) is 6.23. The Morgan fingerprint density at radius 2 is 1.81 bits per heavy atom. The zero-order valence-corrected chi connectivity index (χ0v) is 14.7. The lowest BCUT2D eigenvalue weighted by atomic mass is 10.1. The Morgan fingerprint density at radius 1 is 1.12 bits per heavy atom. The van der Waals surface area contributed by atoms with Crippen LogP contribution in [0.1, 0.15) is 22.0 Å². The first kappa shape index (κ1) is 18.2. The van der Waals surface area contributed by atoms with Crippen molar-refractivity contribution in [3.63, 3.8) is 0 Å². The number of nitrogens with zero attached hydrogens (tertiary/aromatic N) is 1. The molecule has 26 heavy (non-hydrogen) atoms. The summed E-state index contributed by atoms with van der Waals surface area (Å²) < 4.78 is 10.7. The number of rotatable bonds is 4. The van der Waals surface area contributed by atoms with Gasteiger partial charge in [-0.15, -0.1) is 0 Å². The highest BCUT2D eigenvalue weighted by Crippen LogP contribution is 2.27. The fourth-order valence-corrected chi connectivity index (χ4v) is 2.85. The molecule has 136 valence electrons. The average molecular weight is 376 g/mol. The molecule has 1 heterocycles. The molecule has 0 radical (unpaired) electrons. The Labute approximate surface area is 155 Å². The van der Waals surface area contributed by atoms with Crippen molar-refractivity contribution in [1.82, 2.24) is 4.90 Å². The predicted molar refractivity (Wildman–Crippen MR) is 95.1 cm³/mol. The molecule has 7 heteroatoms. The van der Waals surface area contributed by atoms with E-state index in [2.05, 4.69) is 0 Å². The van der Waals surface area contributed by atoms with Crippen molar-refractivity contribution in [3.05, 3.63) is 64.7 Å². The van der Waals surface area contributed by atoms with Crippen LogP contribution in [0.15, 0.2) is 48.5 Å². The minimum Gasteiger partial charge on any atom is -0.507 e. The van der Waals surface area contributed by atoms with Gasteiger partial charge < -0.3 is 19.5 Å². The number of morpholine rings is 1. The van der Waals surface area contributed by atoms with Crippen LogP contribution >= 0.6 is 11.6 Å². The van der Waals surface area contributed by atoms with Crippen LogP contribution in [0.25, 0.3) is 0 Å². The van der Waals surface area contributed by atoms with Crippen LogP contribution in [0.2, 0.25) is 5.02 Å². The Morgan fingerprint density at radius 3 is 2.50 bits per heavy atom. The van der Waals surface area contributed by atoms with Crippen LogP contribution in [-0.2, 0) is 14.3 Å². The molecule has 1 atom stereocenters. The zero-order chi connectivity index (χ0) is 18.5. The molecule has 0 aliphatic carbocycles. The third-order valence-corrected chi connectivity index (χ3v) is 4.29. The molecule has 1 saturated heterocycles. The normalized spacial score (nSPS) is 15.3. The summed E-state index contributed by atoms with van der Waals surface area (Å²) in [5.74, 6) is -1.40. The van der Waals surface area contributed by atoms with Crippen LogP contribution in [-0.4, -0.2) is 48.2 Å². The maximum atomic E-state index is 12.9. The smallest absolute Gasteiger partial charge is 0.343 e. The van der Waals surface area contributed by atoms with Gasteiger partial charge in [0.05, 0.1) is 13.2 Å². The molecule has 0 bridgehead atoms. The first-order valence-corrected chi connectivity index (χ1v) is 8.55. The number of hydrogen-bond acceptors (Lipinski definition) is 5. The molecule has 6 nitrogen and oxygen atoms in total. The molecule has 2 aromatic rings. The molecular weight excluding hydrogens is 358 g/mol. The number of amides is 1. The Kier molecular flexibility index (Phi) is 5.75. The van der Waals surface area contributed by atoms with Crippen molar-refractivity contribution in [2.75, 3.05) is 26.3 Å². The van der Waals surface area contributed by atoms with Gasteiger partial charge in [-0.1, -0.05) is 41.9 Å². The second kappa shape index (κ2) is 8.21. The van der Waals surface area contributed by atoms with Crippen molar-refractivity contribution in [1.29, 1.82) is 0 Å². The summed E-state index contributed by atoms with van der Waals surface area (Å²) in [6.45, 7) is 1.75. The molecule has 0 saturated carbocycles. The van der Waals surface area contributed by atoms with Crippen LogP contribution < -0.4 is 0 Å². The third-order valence-electron chi connectivity index (χ3n) is 4.05. The van der Waals surface area contributed by atoms with E-state index >= 15 is 0 Å². The topological polar surface area (TPSA) is 76.1 Å². The summed E-state index contributed by atoms with van der Waals surface area (Å²) in [6, 6.07) is 12.8. The van der Waals surface area contributed by atoms with E-state index < -0.39 is 12.1 Å². The number of phenols is 1. The number of benzene rings is 2. The standard InChI is InChI=1S/C19H18ClNO5/c20-14-6-7-16(22)15(12-14)19(24)26-17(13-4-2-1-3-5-13)18(23)21-8-10-25-11-9-21/h1-7,12,17,22H,8-11H2. The van der Waals surface area contributed by atoms with Gasteiger partial charge in [0, 0.05) is 23.7 Å². The highest BCUT2D eigenvalue weighted by atomic mass is 35.5. The van der Waals surface area contributed by atoms with Gasteiger partial charge in [0.2, 0.25) is 6.10 Å². The molecule has 0 aromatic heterocycles. The van der Waals surface area contributed by atoms with E-state index in [1.165, 1.54) is 18.2 Å². The maximum Gasteiger partial charge on any atom is 0.343 e. The lowest BCUT2D eigenvalue weighted by Crippen LogP contribution is -2.44. The molecule has 1 amide bonds. The molecule has 3 rings (SSSR count). The first-order valence-electron chi connectivity index (χ1n) is 8.17. The SMILES string of the molecule is O=C(OC(C(=O)N1CCOCC1)c1ccccc1)c1cc(Cl)ccc1O. The fraction of sp³-hybridized carbons (Fsp3) is 0.263. The van der Waals surface area contributed by atoms with E-state index in [0.717, 1.165) is 0 Å². The van der Waals surface area contributed by atoms with E-state index in [9.17, 15) is 14.7 Å². The molecule has 1 N–H and O–H groups in total. The Bertz CT molecular complexity index is 790. The first-order chi connectivity index (χ1) is 12.6. The van der Waals surface area contributed by atoms with Crippen LogP contribution in [0.5, 0.6) is 5.75 Å². The van der Waals surface area contributed by atoms with Gasteiger partial charge in [0.1, 0.15) is 11.3 Å². The summed E-state index contributed by atoms with van der Waals surface area (Å²) >= 11 is 5.89. The molecule has 1 unspecified atom stereocenters. The minimum atomic E-state index is -1.11. The van der Waals surface area contributed by atoms with E-state index in [4.69, 9.17) is 21.1 Å². The molecule has 1 aliphatic rings. The predicted octanol–water partition coefficient (Wildman–Crippen LogP) is 2.80. The second-order valence-electron chi connectivity index (χ2n) is 5.80. The number of esters is 1. The minimum absolute atomic E-state index is 0.0896. The van der Waals surface area contributed by atoms with E-state index in [1.54, 1.807) is 29.2 Å². The summed E-state index contributed by atoms with van der Waals surface area (Å²) in [5, 5.41) is 10.2. The molecule has 1 aliphatic heterocycles. The van der Waals surface area contributed by atoms with Gasteiger partial charge in [0.15, 0.2) is 0 Å². The fourth-order valence-electron chi connectivity index (χ4n) is 2.68. The number of carbonyl (C=O) groups excluding carboxylic acids is 2. The molecule has 1 fully saturated rings. The lowest BCUT2D eigenvalue weighted by Gasteiger charge is -2.30. The van der Waals surface area contributed by atoms with E-state index in [0.29, 0.717) is 31.9 Å². The van der Waals surface area contributed by atoms with Crippen molar-refractivity contribution in [2.24, 2.45) is 0 Å². The van der Waals surface area contributed by atoms with Crippen LogP contribution in [0, 0.1) is 0 Å². The van der Waals surface area contributed by atoms with Crippen LogP contribution in [0.4, 0.5) is 0 Å². The van der Waals surface area contributed by atoms with Gasteiger partial charge in [0.25, 0.3) is 5.91 Å². The number of halogens is 1. The summed E-state index contributed by atoms with van der Waals surface area (Å²) in [4.78, 5) is 27.1. The van der Waals surface area contributed by atoms with E-state index in [1.807, 2.05) is 6.07 Å². The largest absolute Gasteiger partial charge is 0.507 e. The third kappa shape index (κ3) is 4.15. The zero-order valence-electron chi connectivity index (χ0n) is 13.9. The van der Waals surface area contributed by atoms with Crippen LogP contribution in [0.3, 0.4) is 0 Å². The monoisotopic (exact) mass is 375 g/mol. The molecule has 2 aromatic carbocycles. The summed E-state index contributed by atoms with van der Waals surface area (Å²) in [7, 11) is 0. The number of carbonyl (C=O) groups is 2. The number of hydrogen-bond donors (Lipinski definition) is 1. The highest BCUT2D eigenvalue weighted by Gasteiger charge is 2.31. The maximum absolute atomic E-state index is 12.9. The highest BCUT2D eigenvalue weighted by molar-refractivity contribution is 6.31. The average Bonchev–Trinajstić information content (AvgIpc) is 2.68. The Hall–Kier alpha value is -2.57. The quantitative estimate of drug-likeness (QED) is 0.831. The summed E-state index contributed by atoms with van der Waals surface area (Å²) in [5.41, 5.74) is 0.465. The van der Waals surface area contributed by atoms with Crippen molar-refractivity contribution >= 4 is 23.5 Å². The van der Waals surface area contributed by atoms with Gasteiger partial charge in [-0.2, -0.15) is 0 Å². The van der Waals surface area contributed by atoms with Crippen molar-refractivity contribution < 1.29 is 24.2 Å². The molecular formula is C19H18ClNO5. The number of aromatic hydroxyl groups is 1. The number of phenolic OH excluding ortho intramolecular Hbond substituents is 1. The van der Waals surface area contributed by atoms with E-state index in [-0.39, 0.29) is 22.2 Å². The van der Waals surface area contributed by atoms with Gasteiger partial charge in [-0.3, -0.25) is 4.79 Å². The molecule has 0 spiro atoms. The van der Waals surface area contributed by atoms with Gasteiger partial charge in [-0.25, -0.2) is 4.79 Å². The lowest BCUT2D eigenvalue weighted by molar-refractivity contribution is -0.145. The summed E-state index contributed by atoms with van der Waals surface area (Å²) in [6.07, 6.45) is -1.11. The van der Waals surface area contributed by atoms with Gasteiger partial charge in [-0.05, 0) is 18.2 Å². The Balaban J connectivity index is 1.87. The van der Waals surface area contributed by atoms with Gasteiger partial charge >= 0.3 is 5.97 Å². The van der Waals surface area contributed by atoms with Crippen molar-refractivity contribution in [2.45, 2.75) is 6.10 Å².